The van der Waals surface area contributed by atoms with E-state index in [1.807, 2.05) is 0 Å². The molecule has 0 fully saturated rings. The fourth-order valence-electron chi connectivity index (χ4n) is 2.88. The molecule has 0 aliphatic carbocycles. The smallest absolute Gasteiger partial charge is 0.269 e. The van der Waals surface area contributed by atoms with Crippen molar-refractivity contribution in [2.24, 2.45) is 0 Å². The number of non-ortho nitro benzene ring substituents is 1. The Morgan fingerprint density at radius 3 is 2.55 bits per heavy atom. The number of ketones is 1. The highest BCUT2D eigenvalue weighted by molar-refractivity contribution is 6.14. The third-order valence-electron chi connectivity index (χ3n) is 4.40. The second-order valence-corrected chi connectivity index (χ2v) is 6.33. The van der Waals surface area contributed by atoms with Gasteiger partial charge in [-0.1, -0.05) is 18.2 Å². The summed E-state index contributed by atoms with van der Waals surface area (Å²) in [7, 11) is 0. The van der Waals surface area contributed by atoms with Gasteiger partial charge in [0.15, 0.2) is 5.76 Å². The summed E-state index contributed by atoms with van der Waals surface area (Å²) in [5.74, 6) is 0.248. The van der Waals surface area contributed by atoms with Gasteiger partial charge in [-0.2, -0.15) is 0 Å². The quantitative estimate of drug-likeness (QED) is 0.350. The second-order valence-electron chi connectivity index (χ2n) is 6.33. The summed E-state index contributed by atoms with van der Waals surface area (Å²) in [6.45, 7) is 0.0465. The highest BCUT2D eigenvalue weighted by Crippen LogP contribution is 2.35. The predicted molar refractivity (Wildman–Crippen MR) is 103 cm³/mol. The fourth-order valence-corrected chi connectivity index (χ4v) is 2.88. The van der Waals surface area contributed by atoms with E-state index >= 15 is 0 Å². The number of benzene rings is 3. The molecule has 0 bridgehead atoms. The minimum Gasteiger partial charge on any atom is -0.489 e. The zero-order valence-electron chi connectivity index (χ0n) is 15.0. The Bertz CT molecular complexity index is 1140. The molecule has 0 aromatic heterocycles. The van der Waals surface area contributed by atoms with Gasteiger partial charge in [-0.3, -0.25) is 14.9 Å². The lowest BCUT2D eigenvalue weighted by molar-refractivity contribution is -0.384. The zero-order valence-corrected chi connectivity index (χ0v) is 15.0. The molecule has 3 aromatic carbocycles. The lowest BCUT2D eigenvalue weighted by atomic mass is 10.1. The van der Waals surface area contributed by atoms with Crippen molar-refractivity contribution in [2.75, 3.05) is 0 Å². The van der Waals surface area contributed by atoms with E-state index in [4.69, 9.17) is 9.47 Å². The summed E-state index contributed by atoms with van der Waals surface area (Å²) in [4.78, 5) is 22.8. The van der Waals surface area contributed by atoms with Crippen molar-refractivity contribution >= 4 is 17.5 Å². The minimum absolute atomic E-state index is 0.0363. The number of nitro groups is 1. The number of allylic oxidation sites excluding steroid dienone is 1. The molecule has 29 heavy (non-hydrogen) atoms. The van der Waals surface area contributed by atoms with E-state index in [9.17, 15) is 19.3 Å². The Hall–Kier alpha value is -4.00. The number of carbonyl (C=O) groups is 1. The Kier molecular flexibility index (Phi) is 4.78. The molecule has 6 nitrogen and oxygen atoms in total. The van der Waals surface area contributed by atoms with Gasteiger partial charge in [-0.05, 0) is 42.0 Å². The minimum atomic E-state index is -0.493. The average molecular weight is 391 g/mol. The van der Waals surface area contributed by atoms with Gasteiger partial charge >= 0.3 is 0 Å². The van der Waals surface area contributed by atoms with Crippen LogP contribution in [0.25, 0.3) is 6.08 Å². The van der Waals surface area contributed by atoms with Crippen molar-refractivity contribution in [1.82, 2.24) is 0 Å². The van der Waals surface area contributed by atoms with Crippen molar-refractivity contribution in [3.63, 3.8) is 0 Å². The SMILES string of the molecule is O=C1C(=Cc2ccc([N+](=O)[O-])cc2)Oc2cc(OCc3ccccc3F)ccc21. The zero-order chi connectivity index (χ0) is 20.4. The molecule has 0 spiro atoms. The molecule has 0 atom stereocenters. The number of nitrogens with zero attached hydrogens (tertiary/aromatic N) is 1. The lowest BCUT2D eigenvalue weighted by Gasteiger charge is -2.08. The first-order valence-electron chi connectivity index (χ1n) is 8.70. The molecule has 3 aromatic rings. The standard InChI is InChI=1S/C22H14FNO5/c23-19-4-2-1-3-15(19)13-28-17-9-10-18-20(12-17)29-21(22(18)25)11-14-5-7-16(8-6-14)24(26)27/h1-12H,13H2. The largest absolute Gasteiger partial charge is 0.489 e. The number of hydrogen-bond acceptors (Lipinski definition) is 5. The molecule has 1 aliphatic heterocycles. The lowest BCUT2D eigenvalue weighted by Crippen LogP contribution is -1.98. The maximum atomic E-state index is 13.7. The molecule has 144 valence electrons. The maximum Gasteiger partial charge on any atom is 0.269 e. The van der Waals surface area contributed by atoms with Gasteiger partial charge in [0, 0.05) is 23.8 Å². The van der Waals surface area contributed by atoms with Gasteiger partial charge in [0.1, 0.15) is 23.9 Å². The van der Waals surface area contributed by atoms with Crippen LogP contribution in [-0.4, -0.2) is 10.7 Å². The third-order valence-corrected chi connectivity index (χ3v) is 4.40. The van der Waals surface area contributed by atoms with E-state index in [0.29, 0.717) is 28.2 Å². The van der Waals surface area contributed by atoms with E-state index in [1.54, 1.807) is 36.4 Å². The highest BCUT2D eigenvalue weighted by Gasteiger charge is 2.27. The fraction of sp³-hybridized carbons (Fsp3) is 0.0455. The first kappa shape index (κ1) is 18.4. The van der Waals surface area contributed by atoms with Crippen LogP contribution in [0.15, 0.2) is 72.5 Å². The molecular formula is C22H14FNO5. The van der Waals surface area contributed by atoms with Crippen LogP contribution >= 0.6 is 0 Å². The third kappa shape index (κ3) is 3.84. The van der Waals surface area contributed by atoms with Gasteiger partial charge in [0.2, 0.25) is 5.78 Å². The average Bonchev–Trinajstić information content (AvgIpc) is 3.02. The van der Waals surface area contributed by atoms with E-state index in [1.165, 1.54) is 36.4 Å². The molecule has 1 heterocycles. The van der Waals surface area contributed by atoms with E-state index in [2.05, 4.69) is 0 Å². The first-order chi connectivity index (χ1) is 14.0. The van der Waals surface area contributed by atoms with E-state index in [-0.39, 0.29) is 29.7 Å². The van der Waals surface area contributed by atoms with Crippen LogP contribution in [0.1, 0.15) is 21.5 Å². The van der Waals surface area contributed by atoms with Crippen LogP contribution in [0.2, 0.25) is 0 Å². The van der Waals surface area contributed by atoms with E-state index < -0.39 is 4.92 Å². The van der Waals surface area contributed by atoms with Crippen LogP contribution in [0.5, 0.6) is 11.5 Å². The molecular weight excluding hydrogens is 377 g/mol. The van der Waals surface area contributed by atoms with Crippen molar-refractivity contribution in [3.8, 4) is 11.5 Å². The summed E-state index contributed by atoms with van der Waals surface area (Å²) in [5, 5.41) is 10.7. The van der Waals surface area contributed by atoms with Gasteiger partial charge in [-0.25, -0.2) is 4.39 Å². The first-order valence-corrected chi connectivity index (χ1v) is 8.70. The number of nitro benzene ring substituents is 1. The van der Waals surface area contributed by atoms with Gasteiger partial charge < -0.3 is 9.47 Å². The Morgan fingerprint density at radius 2 is 1.83 bits per heavy atom. The Morgan fingerprint density at radius 1 is 1.07 bits per heavy atom. The van der Waals surface area contributed by atoms with Crippen LogP contribution < -0.4 is 9.47 Å². The number of halogens is 1. The van der Waals surface area contributed by atoms with Crippen LogP contribution in [0, 0.1) is 15.9 Å². The Balaban J connectivity index is 1.51. The molecule has 0 unspecified atom stereocenters. The van der Waals surface area contributed by atoms with Crippen LogP contribution in [-0.2, 0) is 6.61 Å². The normalized spacial score (nSPS) is 13.8. The van der Waals surface area contributed by atoms with E-state index in [0.717, 1.165) is 0 Å². The molecule has 7 heteroatoms. The summed E-state index contributed by atoms with van der Waals surface area (Å²) in [5.41, 5.74) is 1.37. The van der Waals surface area contributed by atoms with Crippen molar-refractivity contribution < 1.29 is 23.6 Å². The van der Waals surface area contributed by atoms with Crippen molar-refractivity contribution in [3.05, 3.63) is 105 Å². The molecule has 0 radical (unpaired) electrons. The molecule has 0 saturated carbocycles. The summed E-state index contributed by atoms with van der Waals surface area (Å²) >= 11 is 0. The number of hydrogen-bond donors (Lipinski definition) is 0. The molecule has 1 aliphatic rings. The van der Waals surface area contributed by atoms with Crippen LogP contribution in [0.3, 0.4) is 0 Å². The topological polar surface area (TPSA) is 78.7 Å². The number of rotatable bonds is 5. The molecule has 4 rings (SSSR count). The summed E-state index contributed by atoms with van der Waals surface area (Å²) in [6.07, 6.45) is 1.52. The number of ether oxygens (including phenoxy) is 2. The maximum absolute atomic E-state index is 13.7. The summed E-state index contributed by atoms with van der Waals surface area (Å²) in [6, 6.07) is 16.9. The molecule has 0 amide bonds. The second kappa shape index (κ2) is 7.55. The number of Topliss-reactive ketones (excluding diaryl/α,β-unsaturated/α-hetero) is 1. The summed E-state index contributed by atoms with van der Waals surface area (Å²) < 4.78 is 24.9. The van der Waals surface area contributed by atoms with Gasteiger partial charge in [0.25, 0.3) is 5.69 Å². The number of carbonyl (C=O) groups excluding carboxylic acids is 1. The monoisotopic (exact) mass is 391 g/mol. The number of fused-ring (bicyclic) bond motifs is 1. The van der Waals surface area contributed by atoms with Gasteiger partial charge in [0.05, 0.1) is 10.5 Å². The Labute approximate surface area is 165 Å². The molecule has 0 N–H and O–H groups in total. The van der Waals surface area contributed by atoms with Gasteiger partial charge in [-0.15, -0.1) is 0 Å². The molecule has 0 saturated heterocycles. The van der Waals surface area contributed by atoms with Crippen molar-refractivity contribution in [1.29, 1.82) is 0 Å². The highest BCUT2D eigenvalue weighted by atomic mass is 19.1. The predicted octanol–water partition coefficient (Wildman–Crippen LogP) is 4.93. The van der Waals surface area contributed by atoms with Crippen LogP contribution in [0.4, 0.5) is 10.1 Å². The van der Waals surface area contributed by atoms with Crippen molar-refractivity contribution in [2.45, 2.75) is 6.61 Å².